The molecule has 0 radical (unpaired) electrons. The van der Waals surface area contributed by atoms with E-state index in [0.717, 1.165) is 11.3 Å². The van der Waals surface area contributed by atoms with Gasteiger partial charge in [-0.3, -0.25) is 4.79 Å². The summed E-state index contributed by atoms with van der Waals surface area (Å²) in [6, 6.07) is 5.05. The Hall–Kier alpha value is -2.50. The Morgan fingerprint density at radius 2 is 2.14 bits per heavy atom. The zero-order valence-corrected chi connectivity index (χ0v) is 13.3. The van der Waals surface area contributed by atoms with E-state index in [1.165, 1.54) is 0 Å². The van der Waals surface area contributed by atoms with Gasteiger partial charge in [-0.1, -0.05) is 5.16 Å². The number of hydrogen-bond acceptors (Lipinski definition) is 5. The van der Waals surface area contributed by atoms with Crippen molar-refractivity contribution in [1.82, 2.24) is 10.5 Å². The molecule has 0 fully saturated rings. The third-order valence-corrected chi connectivity index (χ3v) is 3.25. The number of rotatable bonds is 5. The first kappa shape index (κ1) is 15.9. The summed E-state index contributed by atoms with van der Waals surface area (Å²) in [6.07, 6.45) is 0. The minimum Gasteiger partial charge on any atom is -0.487 e. The SMILES string of the molecule is Cc1noc(C)c1COc1cc(C(=O)NC(C)C)ccc1N. The summed E-state index contributed by atoms with van der Waals surface area (Å²) in [4.78, 5) is 12.0. The minimum absolute atomic E-state index is 0.0664. The number of benzene rings is 1. The zero-order chi connectivity index (χ0) is 16.3. The monoisotopic (exact) mass is 303 g/mol. The largest absolute Gasteiger partial charge is 0.487 e. The number of aromatic nitrogens is 1. The van der Waals surface area contributed by atoms with Gasteiger partial charge in [-0.25, -0.2) is 0 Å². The number of hydrogen-bond donors (Lipinski definition) is 2. The van der Waals surface area contributed by atoms with E-state index < -0.39 is 0 Å². The molecule has 6 heteroatoms. The van der Waals surface area contributed by atoms with E-state index in [0.29, 0.717) is 29.4 Å². The third-order valence-electron chi connectivity index (χ3n) is 3.25. The van der Waals surface area contributed by atoms with Crippen molar-refractivity contribution in [3.8, 4) is 5.75 Å². The van der Waals surface area contributed by atoms with Crippen molar-refractivity contribution >= 4 is 11.6 Å². The number of carbonyl (C=O) groups excluding carboxylic acids is 1. The molecule has 0 bridgehead atoms. The van der Waals surface area contributed by atoms with Crippen molar-refractivity contribution in [3.05, 3.63) is 40.8 Å². The number of nitrogens with two attached hydrogens (primary N) is 1. The molecule has 0 unspecified atom stereocenters. The van der Waals surface area contributed by atoms with Crippen molar-refractivity contribution in [2.45, 2.75) is 40.3 Å². The Bertz CT molecular complexity index is 658. The summed E-state index contributed by atoms with van der Waals surface area (Å²) in [6.45, 7) is 7.79. The van der Waals surface area contributed by atoms with Crippen LogP contribution < -0.4 is 15.8 Å². The zero-order valence-electron chi connectivity index (χ0n) is 13.3. The second kappa shape index (κ2) is 6.51. The quantitative estimate of drug-likeness (QED) is 0.829. The maximum absolute atomic E-state index is 12.0. The van der Waals surface area contributed by atoms with Gasteiger partial charge in [0, 0.05) is 11.6 Å². The van der Waals surface area contributed by atoms with E-state index in [-0.39, 0.29) is 11.9 Å². The van der Waals surface area contributed by atoms with Gasteiger partial charge in [0.2, 0.25) is 0 Å². The first-order chi connectivity index (χ1) is 10.4. The molecular formula is C16H21N3O3. The number of ether oxygens (including phenoxy) is 1. The lowest BCUT2D eigenvalue weighted by Gasteiger charge is -2.12. The summed E-state index contributed by atoms with van der Waals surface area (Å²) < 4.78 is 10.8. The fourth-order valence-electron chi connectivity index (χ4n) is 2.00. The van der Waals surface area contributed by atoms with Gasteiger partial charge in [-0.2, -0.15) is 0 Å². The van der Waals surface area contributed by atoms with E-state index in [9.17, 15) is 4.79 Å². The molecule has 2 rings (SSSR count). The van der Waals surface area contributed by atoms with Crippen LogP contribution in [0.25, 0.3) is 0 Å². The van der Waals surface area contributed by atoms with Crippen LogP contribution >= 0.6 is 0 Å². The molecule has 0 saturated carbocycles. The van der Waals surface area contributed by atoms with Crippen molar-refractivity contribution < 1.29 is 14.1 Å². The molecule has 118 valence electrons. The van der Waals surface area contributed by atoms with Crippen molar-refractivity contribution in [3.63, 3.8) is 0 Å². The molecule has 0 atom stereocenters. The molecule has 0 saturated heterocycles. The molecule has 1 heterocycles. The Morgan fingerprint density at radius 1 is 1.41 bits per heavy atom. The van der Waals surface area contributed by atoms with Gasteiger partial charge < -0.3 is 20.3 Å². The van der Waals surface area contributed by atoms with E-state index in [4.69, 9.17) is 15.0 Å². The maximum atomic E-state index is 12.0. The van der Waals surface area contributed by atoms with Crippen LogP contribution in [0.2, 0.25) is 0 Å². The number of carbonyl (C=O) groups is 1. The van der Waals surface area contributed by atoms with Gasteiger partial charge in [-0.15, -0.1) is 0 Å². The number of anilines is 1. The lowest BCUT2D eigenvalue weighted by molar-refractivity contribution is 0.0942. The van der Waals surface area contributed by atoms with E-state index in [1.54, 1.807) is 18.2 Å². The minimum atomic E-state index is -0.155. The average molecular weight is 303 g/mol. The topological polar surface area (TPSA) is 90.4 Å². The number of nitrogens with one attached hydrogen (secondary N) is 1. The molecule has 3 N–H and O–H groups in total. The van der Waals surface area contributed by atoms with Crippen LogP contribution in [0.5, 0.6) is 5.75 Å². The maximum Gasteiger partial charge on any atom is 0.251 e. The fraction of sp³-hybridized carbons (Fsp3) is 0.375. The molecule has 0 aliphatic heterocycles. The molecule has 0 spiro atoms. The van der Waals surface area contributed by atoms with Gasteiger partial charge in [-0.05, 0) is 45.9 Å². The molecule has 22 heavy (non-hydrogen) atoms. The second-order valence-electron chi connectivity index (χ2n) is 5.47. The van der Waals surface area contributed by atoms with Crippen LogP contribution in [-0.4, -0.2) is 17.1 Å². The predicted molar refractivity (Wildman–Crippen MR) is 83.8 cm³/mol. The Balaban J connectivity index is 2.15. The van der Waals surface area contributed by atoms with Gasteiger partial charge >= 0.3 is 0 Å². The predicted octanol–water partition coefficient (Wildman–Crippen LogP) is 2.59. The highest BCUT2D eigenvalue weighted by Gasteiger charge is 2.13. The van der Waals surface area contributed by atoms with Crippen molar-refractivity contribution in [2.75, 3.05) is 5.73 Å². The number of nitrogens with zero attached hydrogens (tertiary/aromatic N) is 1. The summed E-state index contributed by atoms with van der Waals surface area (Å²) in [7, 11) is 0. The lowest BCUT2D eigenvalue weighted by atomic mass is 10.1. The number of amides is 1. The first-order valence-corrected chi connectivity index (χ1v) is 7.13. The van der Waals surface area contributed by atoms with Crippen LogP contribution in [0.3, 0.4) is 0 Å². The van der Waals surface area contributed by atoms with Gasteiger partial charge in [0.15, 0.2) is 0 Å². The average Bonchev–Trinajstić information content (AvgIpc) is 2.76. The van der Waals surface area contributed by atoms with Crippen molar-refractivity contribution in [2.24, 2.45) is 0 Å². The highest BCUT2D eigenvalue weighted by molar-refractivity contribution is 5.95. The Labute approximate surface area is 129 Å². The molecule has 1 aromatic heterocycles. The third kappa shape index (κ3) is 3.58. The summed E-state index contributed by atoms with van der Waals surface area (Å²) in [5.41, 5.74) is 8.57. The van der Waals surface area contributed by atoms with Crippen LogP contribution in [0.1, 0.15) is 41.2 Å². The van der Waals surface area contributed by atoms with Gasteiger partial charge in [0.1, 0.15) is 18.1 Å². The summed E-state index contributed by atoms with van der Waals surface area (Å²) in [5.74, 6) is 1.03. The van der Waals surface area contributed by atoms with Crippen molar-refractivity contribution in [1.29, 1.82) is 0 Å². The Kier molecular flexibility index (Phi) is 4.70. The summed E-state index contributed by atoms with van der Waals surface area (Å²) in [5, 5.41) is 6.71. The van der Waals surface area contributed by atoms with E-state index in [2.05, 4.69) is 10.5 Å². The Morgan fingerprint density at radius 3 is 2.73 bits per heavy atom. The molecule has 1 aromatic carbocycles. The van der Waals surface area contributed by atoms with Crippen LogP contribution in [0, 0.1) is 13.8 Å². The fourth-order valence-corrected chi connectivity index (χ4v) is 2.00. The highest BCUT2D eigenvalue weighted by atomic mass is 16.5. The highest BCUT2D eigenvalue weighted by Crippen LogP contribution is 2.25. The standard InChI is InChI=1S/C16H21N3O3/c1-9(2)18-16(20)12-5-6-14(17)15(7-12)21-8-13-10(3)19-22-11(13)4/h5-7,9H,8,17H2,1-4H3,(H,18,20). The molecule has 0 aliphatic carbocycles. The number of aryl methyl sites for hydroxylation is 2. The number of nitrogen functional groups attached to an aromatic ring is 1. The van der Waals surface area contributed by atoms with Gasteiger partial charge in [0.25, 0.3) is 5.91 Å². The summed E-state index contributed by atoms with van der Waals surface area (Å²) >= 11 is 0. The van der Waals surface area contributed by atoms with Gasteiger partial charge in [0.05, 0.1) is 16.9 Å². The second-order valence-corrected chi connectivity index (χ2v) is 5.47. The van der Waals surface area contributed by atoms with E-state index in [1.807, 2.05) is 27.7 Å². The molecule has 2 aromatic rings. The van der Waals surface area contributed by atoms with Crippen LogP contribution in [0.15, 0.2) is 22.7 Å². The molecule has 1 amide bonds. The first-order valence-electron chi connectivity index (χ1n) is 7.13. The molecule has 0 aliphatic rings. The lowest BCUT2D eigenvalue weighted by Crippen LogP contribution is -2.30. The van der Waals surface area contributed by atoms with E-state index >= 15 is 0 Å². The molecule has 6 nitrogen and oxygen atoms in total. The normalized spacial score (nSPS) is 10.8. The molecular weight excluding hydrogens is 282 g/mol. The van der Waals surface area contributed by atoms with Crippen LogP contribution in [0.4, 0.5) is 5.69 Å². The van der Waals surface area contributed by atoms with Crippen LogP contribution in [-0.2, 0) is 6.61 Å². The smallest absolute Gasteiger partial charge is 0.251 e.